The molecule has 2 heterocycles. The van der Waals surface area contributed by atoms with E-state index in [1.54, 1.807) is 52.1 Å². The first kappa shape index (κ1) is 16.3. The van der Waals surface area contributed by atoms with Gasteiger partial charge in [-0.1, -0.05) is 35.1 Å². The lowest BCUT2D eigenvalue weighted by atomic mass is 10.1. The Balaban J connectivity index is 0.000000160. The highest BCUT2D eigenvalue weighted by Gasteiger charge is 2.25. The molecule has 22 heavy (non-hydrogen) atoms. The van der Waals surface area contributed by atoms with Crippen LogP contribution in [-0.2, 0) is 0 Å². The number of amides is 2. The van der Waals surface area contributed by atoms with Crippen LogP contribution >= 0.6 is 21.6 Å². The van der Waals surface area contributed by atoms with Gasteiger partial charge in [-0.25, -0.2) is 4.98 Å². The number of rotatable bonds is 4. The maximum Gasteiger partial charge on any atom is 0.258 e. The third-order valence-electron chi connectivity index (χ3n) is 2.61. The molecule has 0 atom stereocenters. The van der Waals surface area contributed by atoms with Crippen LogP contribution in [0.3, 0.4) is 0 Å². The molecule has 0 fully saturated rings. The van der Waals surface area contributed by atoms with E-state index >= 15 is 0 Å². The number of hydrogen-bond acceptors (Lipinski definition) is 5. The molecule has 0 bridgehead atoms. The number of benzene rings is 1. The average molecular weight is 330 g/mol. The fourth-order valence-corrected chi connectivity index (χ4v) is 3.33. The zero-order valence-electron chi connectivity index (χ0n) is 11.7. The highest BCUT2D eigenvalue weighted by molar-refractivity contribution is 8.76. The van der Waals surface area contributed by atoms with Gasteiger partial charge in [0.25, 0.3) is 11.8 Å². The van der Waals surface area contributed by atoms with E-state index in [4.69, 9.17) is 0 Å². The van der Waals surface area contributed by atoms with Gasteiger partial charge in [0.05, 0.1) is 11.1 Å². The maximum absolute atomic E-state index is 10.9. The van der Waals surface area contributed by atoms with Crippen LogP contribution < -0.4 is 5.32 Å². The molecule has 112 valence electrons. The molecule has 2 aromatic rings. The van der Waals surface area contributed by atoms with Crippen LogP contribution in [0, 0.1) is 0 Å². The van der Waals surface area contributed by atoms with Gasteiger partial charge < -0.3 is 0 Å². The number of nitrogens with one attached hydrogen (secondary N) is 1. The summed E-state index contributed by atoms with van der Waals surface area (Å²) in [5, 5.41) is 3.26. The normalized spacial score (nSPS) is 12.0. The van der Waals surface area contributed by atoms with Crippen LogP contribution in [0.25, 0.3) is 0 Å². The molecule has 0 unspecified atom stereocenters. The Morgan fingerprint density at radius 1 is 1.05 bits per heavy atom. The summed E-state index contributed by atoms with van der Waals surface area (Å²) in [6, 6.07) is 12.6. The quantitative estimate of drug-likeness (QED) is 0.402. The first-order chi connectivity index (χ1) is 10.7. The van der Waals surface area contributed by atoms with Gasteiger partial charge in [0.1, 0.15) is 5.03 Å². The predicted molar refractivity (Wildman–Crippen MR) is 91.0 cm³/mol. The third-order valence-corrected chi connectivity index (χ3v) is 4.79. The van der Waals surface area contributed by atoms with Crippen molar-refractivity contribution in [3.8, 4) is 0 Å². The van der Waals surface area contributed by atoms with E-state index in [-0.39, 0.29) is 11.8 Å². The highest BCUT2D eigenvalue weighted by Crippen LogP contribution is 2.28. The lowest BCUT2D eigenvalue weighted by molar-refractivity contribution is 0.0879. The number of fused-ring (bicyclic) bond motifs is 1. The minimum Gasteiger partial charge on any atom is -0.288 e. The Kier molecular flexibility index (Phi) is 6.24. The van der Waals surface area contributed by atoms with Crippen molar-refractivity contribution in [1.82, 2.24) is 10.3 Å². The Morgan fingerprint density at radius 3 is 2.23 bits per heavy atom. The van der Waals surface area contributed by atoms with Crippen LogP contribution in [0.15, 0.2) is 66.3 Å². The lowest BCUT2D eigenvalue weighted by Gasteiger charge is -1.94. The molecule has 1 N–H and O–H groups in total. The monoisotopic (exact) mass is 330 g/mol. The second-order valence-corrected chi connectivity index (χ2v) is 6.51. The summed E-state index contributed by atoms with van der Waals surface area (Å²) in [5.74, 6) is 0.359. The summed E-state index contributed by atoms with van der Waals surface area (Å²) in [7, 11) is 3.42. The number of carbonyl (C=O) groups is 2. The van der Waals surface area contributed by atoms with Crippen molar-refractivity contribution in [2.24, 2.45) is 0 Å². The average Bonchev–Trinajstić information content (AvgIpc) is 2.85. The smallest absolute Gasteiger partial charge is 0.258 e. The van der Waals surface area contributed by atoms with E-state index in [0.29, 0.717) is 11.1 Å². The number of imide groups is 1. The number of hydrogen-bond donors (Lipinski definition) is 1. The maximum atomic E-state index is 10.9. The molecular formula is C16H14N2O2S2. The summed E-state index contributed by atoms with van der Waals surface area (Å²) < 4.78 is 0. The fourth-order valence-electron chi connectivity index (χ4n) is 1.66. The number of nitrogens with zero attached hydrogens (tertiary/aromatic N) is 1. The first-order valence-corrected chi connectivity index (χ1v) is 8.80. The molecule has 4 nitrogen and oxygen atoms in total. The van der Waals surface area contributed by atoms with Crippen molar-refractivity contribution in [2.45, 2.75) is 5.03 Å². The van der Waals surface area contributed by atoms with Crippen molar-refractivity contribution < 1.29 is 9.59 Å². The summed E-state index contributed by atoms with van der Waals surface area (Å²) in [6.45, 7) is 3.64. The largest absolute Gasteiger partial charge is 0.288 e. The molecule has 0 saturated heterocycles. The van der Waals surface area contributed by atoms with Crippen molar-refractivity contribution in [3.05, 3.63) is 72.4 Å². The molecule has 1 aromatic carbocycles. The standard InChI is InChI=1S/C8H5NO2.C8H9NS2/c10-7-5-3-1-2-4-6(5)8(11)9-7;1-2-7-10-11-8-5-3-4-6-9-8/h1-4H,(H,9,10,11);2-6H,1,7H2. The molecule has 1 aliphatic rings. The minimum absolute atomic E-state index is 0.300. The molecule has 3 rings (SSSR count). The minimum atomic E-state index is -0.300. The lowest BCUT2D eigenvalue weighted by Crippen LogP contribution is -2.19. The zero-order valence-corrected chi connectivity index (χ0v) is 13.3. The van der Waals surface area contributed by atoms with Gasteiger partial charge in [-0.15, -0.1) is 6.58 Å². The topological polar surface area (TPSA) is 59.1 Å². The summed E-state index contributed by atoms with van der Waals surface area (Å²) in [4.78, 5) is 26.0. The van der Waals surface area contributed by atoms with Gasteiger partial charge in [-0.05, 0) is 35.1 Å². The third kappa shape index (κ3) is 4.47. The van der Waals surface area contributed by atoms with Crippen LogP contribution in [0.5, 0.6) is 0 Å². The number of pyridine rings is 1. The van der Waals surface area contributed by atoms with Crippen LogP contribution in [0.2, 0.25) is 0 Å². The van der Waals surface area contributed by atoms with Gasteiger partial charge >= 0.3 is 0 Å². The van der Waals surface area contributed by atoms with E-state index in [2.05, 4.69) is 16.9 Å². The summed E-state index contributed by atoms with van der Waals surface area (Å²) >= 11 is 0. The van der Waals surface area contributed by atoms with Gasteiger partial charge in [0.15, 0.2) is 0 Å². The SMILES string of the molecule is C=CCSSc1ccccn1.O=C1NC(=O)c2ccccc21. The molecule has 0 radical (unpaired) electrons. The Hall–Kier alpha value is -2.05. The zero-order chi connectivity index (χ0) is 15.8. The van der Waals surface area contributed by atoms with E-state index in [1.807, 2.05) is 24.3 Å². The molecule has 2 amide bonds. The molecule has 1 aliphatic heterocycles. The van der Waals surface area contributed by atoms with Crippen molar-refractivity contribution >= 4 is 33.4 Å². The Bertz CT molecular complexity index is 642. The van der Waals surface area contributed by atoms with Gasteiger partial charge in [0.2, 0.25) is 0 Å². The van der Waals surface area contributed by atoms with Gasteiger partial charge in [-0.2, -0.15) is 0 Å². The molecule has 6 heteroatoms. The summed E-state index contributed by atoms with van der Waals surface area (Å²) in [5.41, 5.74) is 0.940. The second-order valence-electron chi connectivity index (χ2n) is 4.15. The van der Waals surface area contributed by atoms with Crippen molar-refractivity contribution in [2.75, 3.05) is 5.75 Å². The van der Waals surface area contributed by atoms with Crippen molar-refractivity contribution in [3.63, 3.8) is 0 Å². The van der Waals surface area contributed by atoms with E-state index in [1.165, 1.54) is 0 Å². The second kappa shape index (κ2) is 8.41. The summed E-state index contributed by atoms with van der Waals surface area (Å²) in [6.07, 6.45) is 3.69. The molecule has 0 saturated carbocycles. The van der Waals surface area contributed by atoms with Crippen LogP contribution in [-0.4, -0.2) is 22.6 Å². The predicted octanol–water partition coefficient (Wildman–Crippen LogP) is 3.58. The fraction of sp³-hybridized carbons (Fsp3) is 0.0625. The van der Waals surface area contributed by atoms with E-state index in [0.717, 1.165) is 10.8 Å². The molecule has 0 aliphatic carbocycles. The van der Waals surface area contributed by atoms with E-state index < -0.39 is 0 Å². The van der Waals surface area contributed by atoms with Crippen LogP contribution in [0.1, 0.15) is 20.7 Å². The highest BCUT2D eigenvalue weighted by atomic mass is 33.1. The Labute approximate surface area is 136 Å². The molecule has 1 aromatic heterocycles. The molecule has 0 spiro atoms. The van der Waals surface area contributed by atoms with Crippen LogP contribution in [0.4, 0.5) is 0 Å². The number of carbonyl (C=O) groups excluding carboxylic acids is 2. The van der Waals surface area contributed by atoms with Crippen molar-refractivity contribution in [1.29, 1.82) is 0 Å². The van der Waals surface area contributed by atoms with Gasteiger partial charge in [-0.3, -0.25) is 14.9 Å². The first-order valence-electron chi connectivity index (χ1n) is 6.48. The number of aromatic nitrogens is 1. The molecular weight excluding hydrogens is 316 g/mol. The Morgan fingerprint density at radius 2 is 1.68 bits per heavy atom. The van der Waals surface area contributed by atoms with Gasteiger partial charge in [0, 0.05) is 11.9 Å². The van der Waals surface area contributed by atoms with E-state index in [9.17, 15) is 9.59 Å².